The van der Waals surface area contributed by atoms with Crippen molar-refractivity contribution < 1.29 is 0 Å². The van der Waals surface area contributed by atoms with Gasteiger partial charge >= 0.3 is 0 Å². The zero-order valence-electron chi connectivity index (χ0n) is 12.1. The van der Waals surface area contributed by atoms with E-state index in [9.17, 15) is 0 Å². The van der Waals surface area contributed by atoms with E-state index in [-0.39, 0.29) is 5.95 Å². The van der Waals surface area contributed by atoms with E-state index in [1.54, 1.807) is 9.58 Å². The van der Waals surface area contributed by atoms with Gasteiger partial charge in [-0.3, -0.25) is 5.43 Å². The van der Waals surface area contributed by atoms with Gasteiger partial charge in [0, 0.05) is 26.9 Å². The van der Waals surface area contributed by atoms with Gasteiger partial charge in [-0.15, -0.1) is 5.10 Å². The minimum Gasteiger partial charge on any atom is -0.347 e. The normalized spacial score (nSPS) is 10.7. The maximum absolute atomic E-state index is 5.40. The second-order valence-electron chi connectivity index (χ2n) is 4.36. The van der Waals surface area contributed by atoms with E-state index in [1.165, 1.54) is 0 Å². The van der Waals surface area contributed by atoms with E-state index >= 15 is 0 Å². The minimum atomic E-state index is 0.286. The predicted octanol–water partition coefficient (Wildman–Crippen LogP) is -0.0713. The number of nitrogens with one attached hydrogen (secondary N) is 1. The summed E-state index contributed by atoms with van der Waals surface area (Å²) in [5.74, 6) is 8.16. The molecule has 0 aliphatic carbocycles. The largest absolute Gasteiger partial charge is 0.347 e. The first-order valence-corrected chi connectivity index (χ1v) is 6.44. The Balaban J connectivity index is 2.56. The lowest BCUT2D eigenvalue weighted by Gasteiger charge is -2.12. The molecule has 0 atom stereocenters. The monoisotopic (exact) mass is 277 g/mol. The molecule has 0 spiro atoms. The van der Waals surface area contributed by atoms with Crippen molar-refractivity contribution in [1.29, 1.82) is 0 Å². The third-order valence-corrected chi connectivity index (χ3v) is 2.68. The van der Waals surface area contributed by atoms with Gasteiger partial charge in [0.1, 0.15) is 5.82 Å². The summed E-state index contributed by atoms with van der Waals surface area (Å²) in [7, 11) is 3.69. The van der Waals surface area contributed by atoms with Crippen molar-refractivity contribution in [1.82, 2.24) is 29.7 Å². The van der Waals surface area contributed by atoms with Gasteiger partial charge in [0.2, 0.25) is 11.9 Å². The molecule has 20 heavy (non-hydrogen) atoms. The number of aromatic nitrogens is 6. The average Bonchev–Trinajstić information content (AvgIpc) is 2.90. The maximum atomic E-state index is 5.40. The number of rotatable bonds is 5. The second-order valence-corrected chi connectivity index (χ2v) is 4.36. The number of hydrogen-bond acceptors (Lipinski definition) is 8. The van der Waals surface area contributed by atoms with Crippen molar-refractivity contribution in [2.45, 2.75) is 26.7 Å². The van der Waals surface area contributed by atoms with Crippen molar-refractivity contribution in [2.24, 2.45) is 5.84 Å². The van der Waals surface area contributed by atoms with Gasteiger partial charge in [0.15, 0.2) is 5.82 Å². The third kappa shape index (κ3) is 2.67. The number of hydrogen-bond donors (Lipinski definition) is 2. The molecule has 9 heteroatoms. The SMILES string of the molecule is CCc1nc(CC)n(-c2nc(NN)nc(N(C)C)n2)n1. The fourth-order valence-corrected chi connectivity index (χ4v) is 1.64. The van der Waals surface area contributed by atoms with Crippen LogP contribution >= 0.6 is 0 Å². The molecule has 0 saturated carbocycles. The smallest absolute Gasteiger partial charge is 0.258 e. The molecule has 9 nitrogen and oxygen atoms in total. The van der Waals surface area contributed by atoms with E-state index < -0.39 is 0 Å². The van der Waals surface area contributed by atoms with E-state index in [4.69, 9.17) is 5.84 Å². The van der Waals surface area contributed by atoms with Crippen LogP contribution in [0.3, 0.4) is 0 Å². The third-order valence-electron chi connectivity index (χ3n) is 2.68. The zero-order valence-corrected chi connectivity index (χ0v) is 12.1. The Labute approximate surface area is 117 Å². The molecule has 0 aliphatic heterocycles. The molecule has 2 aromatic heterocycles. The van der Waals surface area contributed by atoms with Crippen LogP contribution in [0, 0.1) is 0 Å². The highest BCUT2D eigenvalue weighted by Gasteiger charge is 2.15. The van der Waals surface area contributed by atoms with Crippen molar-refractivity contribution in [2.75, 3.05) is 24.4 Å². The van der Waals surface area contributed by atoms with Gasteiger partial charge in [0.25, 0.3) is 5.95 Å². The highest BCUT2D eigenvalue weighted by molar-refractivity contribution is 5.38. The summed E-state index contributed by atoms with van der Waals surface area (Å²) in [6.07, 6.45) is 1.50. The fraction of sp³-hybridized carbons (Fsp3) is 0.545. The molecule has 0 amide bonds. The van der Waals surface area contributed by atoms with Crippen molar-refractivity contribution in [3.8, 4) is 5.95 Å². The molecular weight excluding hydrogens is 258 g/mol. The summed E-state index contributed by atoms with van der Waals surface area (Å²) < 4.78 is 1.63. The molecular formula is C11H19N9. The highest BCUT2D eigenvalue weighted by Crippen LogP contribution is 2.12. The van der Waals surface area contributed by atoms with E-state index in [0.29, 0.717) is 11.9 Å². The maximum Gasteiger partial charge on any atom is 0.258 e. The summed E-state index contributed by atoms with van der Waals surface area (Å²) >= 11 is 0. The van der Waals surface area contributed by atoms with Crippen LogP contribution < -0.4 is 16.2 Å². The summed E-state index contributed by atoms with van der Waals surface area (Å²) in [6.45, 7) is 4.01. The molecule has 108 valence electrons. The number of nitrogen functional groups attached to an aromatic ring is 1. The Morgan fingerprint density at radius 1 is 1.10 bits per heavy atom. The number of hydrazine groups is 1. The van der Waals surface area contributed by atoms with Crippen LogP contribution in [0.1, 0.15) is 25.5 Å². The topological polar surface area (TPSA) is 111 Å². The highest BCUT2D eigenvalue weighted by atomic mass is 15.4. The minimum absolute atomic E-state index is 0.286. The van der Waals surface area contributed by atoms with Crippen LogP contribution in [-0.4, -0.2) is 43.8 Å². The first-order valence-electron chi connectivity index (χ1n) is 6.44. The van der Waals surface area contributed by atoms with Gasteiger partial charge in [0.05, 0.1) is 0 Å². The van der Waals surface area contributed by atoms with Crippen molar-refractivity contribution in [3.05, 3.63) is 11.6 Å². The fourth-order valence-electron chi connectivity index (χ4n) is 1.64. The van der Waals surface area contributed by atoms with Crippen molar-refractivity contribution >= 4 is 11.9 Å². The van der Waals surface area contributed by atoms with Gasteiger partial charge in [-0.25, -0.2) is 10.8 Å². The number of aryl methyl sites for hydroxylation is 2. The van der Waals surface area contributed by atoms with E-state index in [1.807, 2.05) is 27.9 Å². The molecule has 3 N–H and O–H groups in total. The lowest BCUT2D eigenvalue weighted by molar-refractivity contribution is 0.733. The predicted molar refractivity (Wildman–Crippen MR) is 75.6 cm³/mol. The van der Waals surface area contributed by atoms with Crippen LogP contribution in [0.25, 0.3) is 5.95 Å². The van der Waals surface area contributed by atoms with Crippen molar-refractivity contribution in [3.63, 3.8) is 0 Å². The lowest BCUT2D eigenvalue weighted by Crippen LogP contribution is -2.20. The van der Waals surface area contributed by atoms with Gasteiger partial charge < -0.3 is 4.90 Å². The quantitative estimate of drug-likeness (QED) is 0.577. The summed E-state index contributed by atoms with van der Waals surface area (Å²) in [5.41, 5.74) is 2.44. The van der Waals surface area contributed by atoms with Gasteiger partial charge in [-0.05, 0) is 0 Å². The van der Waals surface area contributed by atoms with Crippen LogP contribution in [0.5, 0.6) is 0 Å². The summed E-state index contributed by atoms with van der Waals surface area (Å²) in [4.78, 5) is 19.0. The van der Waals surface area contributed by atoms with E-state index in [2.05, 4.69) is 30.5 Å². The molecule has 2 aromatic rings. The molecule has 0 aromatic carbocycles. The Morgan fingerprint density at radius 2 is 1.85 bits per heavy atom. The molecule has 0 radical (unpaired) electrons. The molecule has 0 bridgehead atoms. The lowest BCUT2D eigenvalue weighted by atomic mass is 10.4. The van der Waals surface area contributed by atoms with Gasteiger partial charge in [-0.2, -0.15) is 19.6 Å². The Bertz CT molecular complexity index is 590. The average molecular weight is 277 g/mol. The Morgan fingerprint density at radius 3 is 2.40 bits per heavy atom. The standard InChI is InChI=1S/C11H19N9/c1-5-7-13-8(6-2)20(18-7)11-15-9(17-12)14-10(16-11)19(3)4/h5-6,12H2,1-4H3,(H,14,15,16,17). The number of nitrogens with two attached hydrogens (primary N) is 1. The molecule has 0 saturated heterocycles. The first-order chi connectivity index (χ1) is 9.58. The zero-order chi connectivity index (χ0) is 14.7. The van der Waals surface area contributed by atoms with E-state index in [0.717, 1.165) is 24.5 Å². The molecule has 0 fully saturated rings. The second kappa shape index (κ2) is 5.78. The first kappa shape index (κ1) is 14.1. The summed E-state index contributed by atoms with van der Waals surface area (Å²) in [5, 5.41) is 4.41. The van der Waals surface area contributed by atoms with Crippen LogP contribution in [0.2, 0.25) is 0 Å². The van der Waals surface area contributed by atoms with Crippen LogP contribution in [0.4, 0.5) is 11.9 Å². The Kier molecular flexibility index (Phi) is 4.08. The van der Waals surface area contributed by atoms with Crippen LogP contribution in [-0.2, 0) is 12.8 Å². The number of nitrogens with zero attached hydrogens (tertiary/aromatic N) is 7. The molecule has 0 aliphatic rings. The molecule has 2 rings (SSSR count). The number of anilines is 2. The molecule has 0 unspecified atom stereocenters. The molecule has 2 heterocycles. The summed E-state index contributed by atoms with van der Waals surface area (Å²) in [6, 6.07) is 0. The van der Waals surface area contributed by atoms with Crippen LogP contribution in [0.15, 0.2) is 0 Å². The Hall–Kier alpha value is -2.29. The van der Waals surface area contributed by atoms with Gasteiger partial charge in [-0.1, -0.05) is 13.8 Å².